The predicted octanol–water partition coefficient (Wildman–Crippen LogP) is 8.99. The van der Waals surface area contributed by atoms with Crippen molar-refractivity contribution in [1.29, 1.82) is 0 Å². The highest BCUT2D eigenvalue weighted by atomic mass is 16.5. The Hall–Kier alpha value is -5.72. The number of nitrogens with zero attached hydrogens (tertiary/aromatic N) is 4. The molecule has 4 atom stereocenters. The number of fused-ring (bicyclic) bond motifs is 3. The number of hydrogen-bond donors (Lipinski definition) is 3. The van der Waals surface area contributed by atoms with E-state index in [0.717, 1.165) is 72.3 Å². The summed E-state index contributed by atoms with van der Waals surface area (Å²) in [4.78, 5) is 69.6. The SMILES string of the molecule is COC(=O)N[C@H](C(=O)N1CCC[C@H]1C1=Nc2ccc(-c3ccc(-c4ccc5nc([C@@H]6CCCN6C(=O)[C@@H](NC(=O)OC)C(C)C)[nH]c5c4)c4c3CC3(CCCCC3)C4)cc2C1)C(C)C. The molecule has 13 nitrogen and oxygen atoms in total. The minimum Gasteiger partial charge on any atom is -0.453 e. The number of amides is 4. The van der Waals surface area contributed by atoms with Crippen molar-refractivity contribution in [3.8, 4) is 22.3 Å². The van der Waals surface area contributed by atoms with E-state index in [1.807, 2.05) is 37.5 Å². The number of carbonyl (C=O) groups excluding carboxylic acids is 4. The van der Waals surface area contributed by atoms with E-state index >= 15 is 0 Å². The van der Waals surface area contributed by atoms with Gasteiger partial charge in [-0.2, -0.15) is 0 Å². The zero-order valence-electron chi connectivity index (χ0n) is 38.2. The first kappa shape index (κ1) is 43.5. The average Bonchev–Trinajstić information content (AvgIpc) is 4.15. The summed E-state index contributed by atoms with van der Waals surface area (Å²) in [5.74, 6) is 0.374. The maximum atomic E-state index is 13.9. The number of likely N-dealkylation sites (tertiary alicyclic amines) is 2. The highest BCUT2D eigenvalue weighted by Crippen LogP contribution is 2.52. The molecule has 0 unspecified atom stereocenters. The summed E-state index contributed by atoms with van der Waals surface area (Å²) in [7, 11) is 2.63. The Morgan fingerprint density at radius 1 is 0.719 bits per heavy atom. The predicted molar refractivity (Wildman–Crippen MR) is 247 cm³/mol. The van der Waals surface area contributed by atoms with Crippen molar-refractivity contribution >= 4 is 46.4 Å². The molecule has 64 heavy (non-hydrogen) atoms. The molecule has 1 spiro atoms. The van der Waals surface area contributed by atoms with Crippen LogP contribution < -0.4 is 10.6 Å². The minimum atomic E-state index is -0.689. The lowest BCUT2D eigenvalue weighted by Crippen LogP contribution is -2.53. The van der Waals surface area contributed by atoms with E-state index in [0.29, 0.717) is 19.5 Å². The molecule has 2 saturated heterocycles. The number of H-pyrrole nitrogens is 1. The number of imidazole rings is 1. The summed E-state index contributed by atoms with van der Waals surface area (Å²) >= 11 is 0. The van der Waals surface area contributed by atoms with Crippen LogP contribution in [0.25, 0.3) is 33.3 Å². The number of aromatic nitrogens is 2. The van der Waals surface area contributed by atoms with E-state index in [9.17, 15) is 19.2 Å². The fourth-order valence-electron chi connectivity index (χ4n) is 11.5. The van der Waals surface area contributed by atoms with Crippen molar-refractivity contribution in [2.45, 2.75) is 129 Å². The smallest absolute Gasteiger partial charge is 0.407 e. The first-order valence-electron chi connectivity index (χ1n) is 23.5. The third kappa shape index (κ3) is 8.15. The van der Waals surface area contributed by atoms with Crippen LogP contribution in [0.5, 0.6) is 0 Å². The van der Waals surface area contributed by atoms with Gasteiger partial charge in [0.25, 0.3) is 0 Å². The van der Waals surface area contributed by atoms with E-state index in [4.69, 9.17) is 19.5 Å². The summed E-state index contributed by atoms with van der Waals surface area (Å²) in [6, 6.07) is 16.2. The molecule has 5 aliphatic rings. The standard InChI is InChI=1S/C51H63N7O6/c1-29(2)44(55-49(61)63-5)47(59)57-22-10-12-42(57)41-26-33-24-31(14-18-38(33)52-41)34-16-17-35(37-28-51(27-36(34)37)20-8-7-9-21-51)32-15-19-39-40(25-32)54-46(53-39)43-13-11-23-58(43)48(60)45(30(3)4)56-50(62)64-6/h14-19,24-25,29-30,42-45H,7-13,20-23,26-28H2,1-6H3,(H,53,54)(H,55,61)(H,56,62)/t42-,43-,44-,45-/m0/s1. The molecule has 338 valence electrons. The number of carbonyl (C=O) groups is 4. The Labute approximate surface area is 376 Å². The van der Waals surface area contributed by atoms with Crippen molar-refractivity contribution in [2.24, 2.45) is 22.2 Å². The van der Waals surface area contributed by atoms with E-state index < -0.39 is 24.3 Å². The summed E-state index contributed by atoms with van der Waals surface area (Å²) in [5, 5.41) is 5.52. The molecular formula is C51H63N7O6. The van der Waals surface area contributed by atoms with Gasteiger partial charge in [0.2, 0.25) is 11.8 Å². The van der Waals surface area contributed by atoms with Crippen LogP contribution in [-0.4, -0.2) is 94.9 Å². The number of rotatable bonds is 10. The van der Waals surface area contributed by atoms with Gasteiger partial charge in [-0.25, -0.2) is 14.6 Å². The Balaban J connectivity index is 0.988. The van der Waals surface area contributed by atoms with Crippen molar-refractivity contribution in [2.75, 3.05) is 27.3 Å². The molecule has 1 saturated carbocycles. The number of methoxy groups -OCH3 is 2. The number of benzene rings is 3. The molecule has 3 N–H and O–H groups in total. The molecule has 2 aliphatic carbocycles. The number of hydrogen-bond acceptors (Lipinski definition) is 8. The molecule has 3 fully saturated rings. The normalized spacial score (nSPS) is 21.0. The molecule has 3 aromatic carbocycles. The lowest BCUT2D eigenvalue weighted by Gasteiger charge is -2.33. The average molecular weight is 870 g/mol. The van der Waals surface area contributed by atoms with Crippen molar-refractivity contribution in [3.63, 3.8) is 0 Å². The number of aliphatic imine (C=N–C) groups is 1. The first-order chi connectivity index (χ1) is 30.9. The molecule has 4 heterocycles. The zero-order valence-corrected chi connectivity index (χ0v) is 38.2. The minimum absolute atomic E-state index is 0.0831. The van der Waals surface area contributed by atoms with Gasteiger partial charge < -0.3 is 34.9 Å². The molecule has 0 radical (unpaired) electrons. The third-order valence-electron chi connectivity index (χ3n) is 14.8. The third-order valence-corrected chi connectivity index (χ3v) is 14.8. The van der Waals surface area contributed by atoms with Gasteiger partial charge in [-0.05, 0) is 132 Å². The van der Waals surface area contributed by atoms with E-state index in [-0.39, 0.29) is 41.1 Å². The number of alkyl carbamates (subject to hydrolysis) is 2. The monoisotopic (exact) mass is 869 g/mol. The van der Waals surface area contributed by atoms with Gasteiger partial charge in [0, 0.05) is 25.2 Å². The van der Waals surface area contributed by atoms with Crippen LogP contribution in [0.2, 0.25) is 0 Å². The molecule has 1 aromatic heterocycles. The van der Waals surface area contributed by atoms with Gasteiger partial charge in [0.05, 0.1) is 43.0 Å². The second kappa shape index (κ2) is 17.7. The largest absolute Gasteiger partial charge is 0.453 e. The Morgan fingerprint density at radius 2 is 1.28 bits per heavy atom. The van der Waals surface area contributed by atoms with E-state index in [2.05, 4.69) is 64.1 Å². The topological polar surface area (TPSA) is 158 Å². The molecule has 4 amide bonds. The molecular weight excluding hydrogens is 807 g/mol. The molecule has 9 rings (SSSR count). The first-order valence-corrected chi connectivity index (χ1v) is 23.5. The number of nitrogens with one attached hydrogen (secondary N) is 3. The molecule has 13 heteroatoms. The zero-order chi connectivity index (χ0) is 44.9. The second-order valence-corrected chi connectivity index (χ2v) is 19.6. The Kier molecular flexibility index (Phi) is 12.0. The Morgan fingerprint density at radius 3 is 1.88 bits per heavy atom. The number of aromatic amines is 1. The van der Waals surface area contributed by atoms with Gasteiger partial charge in [0.15, 0.2) is 0 Å². The van der Waals surface area contributed by atoms with Gasteiger partial charge in [-0.15, -0.1) is 0 Å². The Bertz CT molecular complexity index is 2500. The van der Waals surface area contributed by atoms with Crippen LogP contribution in [0.4, 0.5) is 15.3 Å². The van der Waals surface area contributed by atoms with E-state index in [1.54, 1.807) is 0 Å². The summed E-state index contributed by atoms with van der Waals surface area (Å²) < 4.78 is 9.67. The van der Waals surface area contributed by atoms with Crippen molar-refractivity contribution < 1.29 is 28.7 Å². The molecule has 3 aliphatic heterocycles. The van der Waals surface area contributed by atoms with Gasteiger partial charge in [0.1, 0.15) is 17.9 Å². The lowest BCUT2D eigenvalue weighted by atomic mass is 9.72. The van der Waals surface area contributed by atoms with Crippen LogP contribution in [0.3, 0.4) is 0 Å². The highest BCUT2D eigenvalue weighted by molar-refractivity contribution is 6.01. The fraction of sp³-hybridized carbons (Fsp3) is 0.529. The van der Waals surface area contributed by atoms with Crippen molar-refractivity contribution in [3.05, 3.63) is 71.0 Å². The van der Waals surface area contributed by atoms with Crippen molar-refractivity contribution in [1.82, 2.24) is 30.4 Å². The van der Waals surface area contributed by atoms with Gasteiger partial charge in [-0.3, -0.25) is 14.6 Å². The summed E-state index contributed by atoms with van der Waals surface area (Å²) in [5.41, 5.74) is 13.1. The van der Waals surface area contributed by atoms with Crippen LogP contribution in [0.15, 0.2) is 53.5 Å². The lowest BCUT2D eigenvalue weighted by molar-refractivity contribution is -0.135. The fourth-order valence-corrected chi connectivity index (χ4v) is 11.5. The van der Waals surface area contributed by atoms with Gasteiger partial charge >= 0.3 is 12.2 Å². The molecule has 4 aromatic rings. The maximum Gasteiger partial charge on any atom is 0.407 e. The number of ether oxygens (including phenoxy) is 2. The summed E-state index contributed by atoms with van der Waals surface area (Å²) in [6.45, 7) is 8.98. The second-order valence-electron chi connectivity index (χ2n) is 19.6. The quantitative estimate of drug-likeness (QED) is 0.144. The van der Waals surface area contributed by atoms with Crippen LogP contribution in [0.1, 0.15) is 114 Å². The van der Waals surface area contributed by atoms with Crippen LogP contribution in [-0.2, 0) is 38.3 Å². The van der Waals surface area contributed by atoms with E-state index in [1.165, 1.54) is 79.7 Å². The van der Waals surface area contributed by atoms with Crippen LogP contribution >= 0.6 is 0 Å². The highest BCUT2D eigenvalue weighted by Gasteiger charge is 2.42. The van der Waals surface area contributed by atoms with Crippen LogP contribution in [0, 0.1) is 17.3 Å². The summed E-state index contributed by atoms with van der Waals surface area (Å²) in [6.07, 6.45) is 11.4. The molecule has 0 bridgehead atoms. The van der Waals surface area contributed by atoms with Gasteiger partial charge in [-0.1, -0.05) is 71.2 Å². The maximum absolute atomic E-state index is 13.9.